The van der Waals surface area contributed by atoms with Gasteiger partial charge in [0.25, 0.3) is 5.56 Å². The molecule has 1 heterocycles. The van der Waals surface area contributed by atoms with Crippen molar-refractivity contribution in [1.29, 1.82) is 5.26 Å². The summed E-state index contributed by atoms with van der Waals surface area (Å²) in [4.78, 5) is 26.0. The number of nitrogens with zero attached hydrogens (tertiary/aromatic N) is 1. The van der Waals surface area contributed by atoms with Crippen molar-refractivity contribution in [3.8, 4) is 23.1 Å². The molecular weight excluding hydrogens is 256 g/mol. The van der Waals surface area contributed by atoms with Crippen LogP contribution in [0.15, 0.2) is 35.1 Å². The van der Waals surface area contributed by atoms with Gasteiger partial charge in [0, 0.05) is 5.56 Å². The van der Waals surface area contributed by atoms with Gasteiger partial charge in [-0.3, -0.25) is 9.59 Å². The molecule has 0 unspecified atom stereocenters. The predicted molar refractivity (Wildman–Crippen MR) is 73.8 cm³/mol. The molecule has 1 aromatic carbocycles. The molecule has 0 bridgehead atoms. The second kappa shape index (κ2) is 5.41. The minimum Gasteiger partial charge on any atom is -0.497 e. The highest BCUT2D eigenvalue weighted by molar-refractivity contribution is 6.00. The van der Waals surface area contributed by atoms with Crippen LogP contribution >= 0.6 is 0 Å². The van der Waals surface area contributed by atoms with Crippen LogP contribution in [0.25, 0.3) is 11.3 Å². The molecular formula is C15H12N2O3. The molecule has 0 fully saturated rings. The maximum atomic E-state index is 11.7. The van der Waals surface area contributed by atoms with E-state index in [2.05, 4.69) is 4.98 Å². The number of benzene rings is 1. The van der Waals surface area contributed by atoms with E-state index < -0.39 is 5.56 Å². The zero-order valence-electron chi connectivity index (χ0n) is 11.1. The highest BCUT2D eigenvalue weighted by atomic mass is 16.5. The van der Waals surface area contributed by atoms with Crippen molar-refractivity contribution in [2.24, 2.45) is 0 Å². The highest BCUT2D eigenvalue weighted by Crippen LogP contribution is 2.23. The Morgan fingerprint density at radius 2 is 1.95 bits per heavy atom. The summed E-state index contributed by atoms with van der Waals surface area (Å²) in [6.07, 6.45) is 0. The van der Waals surface area contributed by atoms with E-state index in [0.717, 1.165) is 0 Å². The zero-order valence-corrected chi connectivity index (χ0v) is 11.1. The topological polar surface area (TPSA) is 82.9 Å². The number of carbonyl (C=O) groups excluding carboxylic acids is 1. The molecule has 20 heavy (non-hydrogen) atoms. The van der Waals surface area contributed by atoms with Gasteiger partial charge in [-0.15, -0.1) is 0 Å². The molecule has 5 nitrogen and oxygen atoms in total. The van der Waals surface area contributed by atoms with Crippen LogP contribution in [-0.4, -0.2) is 17.9 Å². The quantitative estimate of drug-likeness (QED) is 0.864. The molecule has 1 N–H and O–H groups in total. The Morgan fingerprint density at radius 1 is 1.30 bits per heavy atom. The van der Waals surface area contributed by atoms with E-state index in [1.807, 2.05) is 0 Å². The van der Waals surface area contributed by atoms with Gasteiger partial charge in [-0.1, -0.05) is 0 Å². The molecule has 0 radical (unpaired) electrons. The van der Waals surface area contributed by atoms with Crippen LogP contribution in [0.1, 0.15) is 22.8 Å². The van der Waals surface area contributed by atoms with E-state index >= 15 is 0 Å². The summed E-state index contributed by atoms with van der Waals surface area (Å²) in [5.41, 5.74) is 0.809. The molecule has 0 amide bonds. The first kappa shape index (κ1) is 13.6. The third kappa shape index (κ3) is 2.45. The van der Waals surface area contributed by atoms with Crippen molar-refractivity contribution < 1.29 is 9.53 Å². The van der Waals surface area contributed by atoms with Crippen LogP contribution < -0.4 is 10.3 Å². The third-order valence-corrected chi connectivity index (χ3v) is 2.92. The van der Waals surface area contributed by atoms with Crippen LogP contribution in [0.3, 0.4) is 0 Å². The SMILES string of the molecule is COc1ccc(-c2[nH]c(=O)c(C#N)cc2C(C)=O)cc1. The fourth-order valence-corrected chi connectivity index (χ4v) is 1.88. The van der Waals surface area contributed by atoms with E-state index in [-0.39, 0.29) is 11.3 Å². The van der Waals surface area contributed by atoms with Crippen molar-refractivity contribution in [3.63, 3.8) is 0 Å². The summed E-state index contributed by atoms with van der Waals surface area (Å²) in [7, 11) is 1.56. The first-order chi connectivity index (χ1) is 9.56. The van der Waals surface area contributed by atoms with E-state index in [1.54, 1.807) is 37.4 Å². The number of hydrogen-bond acceptors (Lipinski definition) is 4. The first-order valence-electron chi connectivity index (χ1n) is 5.89. The molecule has 0 spiro atoms. The second-order valence-electron chi connectivity index (χ2n) is 4.20. The Kier molecular flexibility index (Phi) is 3.67. The Bertz CT molecular complexity index is 752. The molecule has 0 saturated carbocycles. The number of carbonyl (C=O) groups is 1. The van der Waals surface area contributed by atoms with Crippen LogP contribution in [0, 0.1) is 11.3 Å². The van der Waals surface area contributed by atoms with Gasteiger partial charge in [0.05, 0.1) is 12.8 Å². The highest BCUT2D eigenvalue weighted by Gasteiger charge is 2.13. The largest absolute Gasteiger partial charge is 0.497 e. The van der Waals surface area contributed by atoms with Gasteiger partial charge in [0.1, 0.15) is 17.4 Å². The number of H-pyrrole nitrogens is 1. The number of hydrogen-bond donors (Lipinski definition) is 1. The molecule has 0 aliphatic heterocycles. The fourth-order valence-electron chi connectivity index (χ4n) is 1.88. The number of nitrogens with one attached hydrogen (secondary N) is 1. The number of aromatic amines is 1. The number of Topliss-reactive ketones (excluding diaryl/α,β-unsaturated/α-hetero) is 1. The fraction of sp³-hybridized carbons (Fsp3) is 0.133. The van der Waals surface area contributed by atoms with Crippen molar-refractivity contribution in [2.45, 2.75) is 6.92 Å². The Balaban J connectivity index is 2.66. The lowest BCUT2D eigenvalue weighted by Crippen LogP contribution is -2.14. The van der Waals surface area contributed by atoms with Gasteiger partial charge in [-0.25, -0.2) is 0 Å². The summed E-state index contributed by atoms with van der Waals surface area (Å²) in [5.74, 6) is 0.456. The molecule has 1 aromatic heterocycles. The standard InChI is InChI=1S/C15H12N2O3/c1-9(18)13-7-11(8-16)15(19)17-14(13)10-3-5-12(20-2)6-4-10/h3-7H,1-2H3,(H,17,19). The Morgan fingerprint density at radius 3 is 2.45 bits per heavy atom. The predicted octanol–water partition coefficient (Wildman–Crippen LogP) is 2.12. The van der Waals surface area contributed by atoms with Crippen LogP contribution in [0.4, 0.5) is 0 Å². The molecule has 0 atom stereocenters. The van der Waals surface area contributed by atoms with Gasteiger partial charge >= 0.3 is 0 Å². The third-order valence-electron chi connectivity index (χ3n) is 2.92. The lowest BCUT2D eigenvalue weighted by molar-refractivity contribution is 0.101. The van der Waals surface area contributed by atoms with Gasteiger partial charge in [0.15, 0.2) is 5.78 Å². The average Bonchev–Trinajstić information content (AvgIpc) is 2.46. The lowest BCUT2D eigenvalue weighted by atomic mass is 10.0. The molecule has 100 valence electrons. The summed E-state index contributed by atoms with van der Waals surface area (Å²) < 4.78 is 5.06. The zero-order chi connectivity index (χ0) is 14.7. The number of rotatable bonds is 3. The monoisotopic (exact) mass is 268 g/mol. The summed E-state index contributed by atoms with van der Waals surface area (Å²) in [6, 6.07) is 10.0. The van der Waals surface area contributed by atoms with Gasteiger partial charge < -0.3 is 9.72 Å². The van der Waals surface area contributed by atoms with Gasteiger partial charge in [-0.05, 0) is 42.8 Å². The maximum Gasteiger partial charge on any atom is 0.266 e. The van der Waals surface area contributed by atoms with E-state index in [0.29, 0.717) is 22.6 Å². The smallest absolute Gasteiger partial charge is 0.266 e. The number of aromatic nitrogens is 1. The van der Waals surface area contributed by atoms with Gasteiger partial charge in [0.2, 0.25) is 0 Å². The summed E-state index contributed by atoms with van der Waals surface area (Å²) in [5, 5.41) is 8.86. The number of methoxy groups -OCH3 is 1. The molecule has 0 aliphatic rings. The molecule has 2 aromatic rings. The number of ketones is 1. The molecule has 2 rings (SSSR count). The average molecular weight is 268 g/mol. The van der Waals surface area contributed by atoms with E-state index in [1.165, 1.54) is 13.0 Å². The molecule has 0 aliphatic carbocycles. The molecule has 5 heteroatoms. The maximum absolute atomic E-state index is 11.7. The van der Waals surface area contributed by atoms with Crippen molar-refractivity contribution in [1.82, 2.24) is 4.98 Å². The van der Waals surface area contributed by atoms with Crippen molar-refractivity contribution in [3.05, 3.63) is 51.8 Å². The summed E-state index contributed by atoms with van der Waals surface area (Å²) in [6.45, 7) is 1.39. The van der Waals surface area contributed by atoms with E-state index in [4.69, 9.17) is 10.00 Å². The first-order valence-corrected chi connectivity index (χ1v) is 5.89. The Labute approximate surface area is 115 Å². The number of ether oxygens (including phenoxy) is 1. The summed E-state index contributed by atoms with van der Waals surface area (Å²) >= 11 is 0. The van der Waals surface area contributed by atoms with E-state index in [9.17, 15) is 9.59 Å². The lowest BCUT2D eigenvalue weighted by Gasteiger charge is -2.08. The Hall–Kier alpha value is -2.87. The minimum absolute atomic E-state index is 0.0764. The van der Waals surface area contributed by atoms with Crippen LogP contribution in [-0.2, 0) is 0 Å². The normalized spacial score (nSPS) is 9.85. The van der Waals surface area contributed by atoms with Gasteiger partial charge in [-0.2, -0.15) is 5.26 Å². The van der Waals surface area contributed by atoms with Crippen molar-refractivity contribution >= 4 is 5.78 Å². The number of pyridine rings is 1. The van der Waals surface area contributed by atoms with Crippen LogP contribution in [0.2, 0.25) is 0 Å². The minimum atomic E-state index is -0.511. The number of nitriles is 1. The second-order valence-corrected chi connectivity index (χ2v) is 4.20. The van der Waals surface area contributed by atoms with Crippen molar-refractivity contribution in [2.75, 3.05) is 7.11 Å². The molecule has 0 saturated heterocycles. The van der Waals surface area contributed by atoms with Crippen LogP contribution in [0.5, 0.6) is 5.75 Å².